The Morgan fingerprint density at radius 2 is 1.81 bits per heavy atom. The lowest BCUT2D eigenvalue weighted by molar-refractivity contribution is -0.134. The summed E-state index contributed by atoms with van der Waals surface area (Å²) in [5.41, 5.74) is 0. The first-order chi connectivity index (χ1) is 12.9. The van der Waals surface area contributed by atoms with Crippen LogP contribution in [0.5, 0.6) is 0 Å². The molecule has 0 bridgehead atoms. The number of rotatable bonds is 7. The fourth-order valence-electron chi connectivity index (χ4n) is 4.97. The lowest BCUT2D eigenvalue weighted by Crippen LogP contribution is -2.44. The van der Waals surface area contributed by atoms with Crippen LogP contribution in [0.25, 0.3) is 0 Å². The zero-order chi connectivity index (χ0) is 19.6. The topological polar surface area (TPSA) is 78.0 Å². The monoisotopic (exact) mass is 399 g/mol. The average Bonchev–Trinajstić information content (AvgIpc) is 3.19. The minimum atomic E-state index is -3.59. The van der Waals surface area contributed by atoms with Gasteiger partial charge in [0.15, 0.2) is 0 Å². The SMILES string of the molecule is CCC[C@H]1C(=O)N(S(=O)(=O)CC)[C@H]2CCN(C(=O)CCN3CCCCC3)[C@H]12. The van der Waals surface area contributed by atoms with Crippen molar-refractivity contribution in [2.75, 3.05) is 31.9 Å². The van der Waals surface area contributed by atoms with Gasteiger partial charge in [-0.1, -0.05) is 19.8 Å². The average molecular weight is 400 g/mol. The van der Waals surface area contributed by atoms with Gasteiger partial charge in [0.1, 0.15) is 0 Å². The van der Waals surface area contributed by atoms with Crippen LogP contribution >= 0.6 is 0 Å². The maximum absolute atomic E-state index is 12.9. The molecule has 3 atom stereocenters. The molecule has 0 radical (unpaired) electrons. The summed E-state index contributed by atoms with van der Waals surface area (Å²) < 4.78 is 26.1. The van der Waals surface area contributed by atoms with Crippen molar-refractivity contribution in [3.05, 3.63) is 0 Å². The highest BCUT2D eigenvalue weighted by Crippen LogP contribution is 2.40. The molecule has 0 aromatic heterocycles. The van der Waals surface area contributed by atoms with E-state index in [9.17, 15) is 18.0 Å². The van der Waals surface area contributed by atoms with E-state index >= 15 is 0 Å². The highest BCUT2D eigenvalue weighted by molar-refractivity contribution is 7.89. The number of piperidine rings is 1. The summed E-state index contributed by atoms with van der Waals surface area (Å²) in [4.78, 5) is 30.0. The molecule has 7 nitrogen and oxygen atoms in total. The van der Waals surface area contributed by atoms with E-state index in [1.54, 1.807) is 6.92 Å². The van der Waals surface area contributed by atoms with Crippen LogP contribution in [0.2, 0.25) is 0 Å². The first kappa shape index (κ1) is 20.6. The normalized spacial score (nSPS) is 29.4. The second kappa shape index (κ2) is 8.47. The Balaban J connectivity index is 1.72. The van der Waals surface area contributed by atoms with Crippen LogP contribution in [-0.4, -0.2) is 78.4 Å². The number of fused-ring (bicyclic) bond motifs is 1. The van der Waals surface area contributed by atoms with Crippen molar-refractivity contribution in [1.82, 2.24) is 14.1 Å². The van der Waals surface area contributed by atoms with Gasteiger partial charge in [0.05, 0.1) is 23.8 Å². The number of carbonyl (C=O) groups excluding carboxylic acids is 2. The van der Waals surface area contributed by atoms with E-state index in [1.807, 2.05) is 11.8 Å². The van der Waals surface area contributed by atoms with Crippen LogP contribution in [0.1, 0.15) is 58.8 Å². The summed E-state index contributed by atoms with van der Waals surface area (Å²) >= 11 is 0. The van der Waals surface area contributed by atoms with Crippen LogP contribution in [0.3, 0.4) is 0 Å². The van der Waals surface area contributed by atoms with Gasteiger partial charge in [-0.3, -0.25) is 9.59 Å². The Hall–Kier alpha value is -1.15. The molecule has 0 N–H and O–H groups in total. The van der Waals surface area contributed by atoms with Crippen LogP contribution in [0, 0.1) is 5.92 Å². The zero-order valence-corrected chi connectivity index (χ0v) is 17.4. The summed E-state index contributed by atoms with van der Waals surface area (Å²) in [5, 5.41) is 0. The van der Waals surface area contributed by atoms with Crippen molar-refractivity contribution in [1.29, 1.82) is 0 Å². The molecule has 27 heavy (non-hydrogen) atoms. The van der Waals surface area contributed by atoms with Gasteiger partial charge in [0.2, 0.25) is 21.8 Å². The maximum Gasteiger partial charge on any atom is 0.241 e. The second-order valence-corrected chi connectivity index (χ2v) is 10.2. The Morgan fingerprint density at radius 1 is 1.11 bits per heavy atom. The van der Waals surface area contributed by atoms with Gasteiger partial charge in [-0.05, 0) is 45.7 Å². The molecule has 3 aliphatic heterocycles. The lowest BCUT2D eigenvalue weighted by atomic mass is 9.94. The largest absolute Gasteiger partial charge is 0.337 e. The lowest BCUT2D eigenvalue weighted by Gasteiger charge is -2.30. The summed E-state index contributed by atoms with van der Waals surface area (Å²) in [7, 11) is -3.59. The summed E-state index contributed by atoms with van der Waals surface area (Å²) in [6, 6.07) is -0.662. The van der Waals surface area contributed by atoms with E-state index in [0.717, 1.165) is 30.4 Å². The predicted molar refractivity (Wildman–Crippen MR) is 104 cm³/mol. The minimum Gasteiger partial charge on any atom is -0.337 e. The Labute approximate surface area is 163 Å². The van der Waals surface area contributed by atoms with E-state index < -0.39 is 10.0 Å². The highest BCUT2D eigenvalue weighted by Gasteiger charge is 2.57. The van der Waals surface area contributed by atoms with Crippen molar-refractivity contribution in [2.24, 2.45) is 5.92 Å². The van der Waals surface area contributed by atoms with Gasteiger partial charge in [0, 0.05) is 19.5 Å². The van der Waals surface area contributed by atoms with Gasteiger partial charge >= 0.3 is 0 Å². The molecule has 8 heteroatoms. The highest BCUT2D eigenvalue weighted by atomic mass is 32.2. The molecule has 0 aromatic carbocycles. The van der Waals surface area contributed by atoms with Crippen molar-refractivity contribution in [2.45, 2.75) is 70.9 Å². The first-order valence-corrected chi connectivity index (χ1v) is 12.1. The molecule has 3 rings (SSSR count). The van der Waals surface area contributed by atoms with E-state index in [1.165, 1.54) is 19.3 Å². The number of amides is 2. The van der Waals surface area contributed by atoms with Crippen LogP contribution in [0.4, 0.5) is 0 Å². The summed E-state index contributed by atoms with van der Waals surface area (Å²) in [6.07, 6.45) is 6.10. The molecule has 154 valence electrons. The van der Waals surface area contributed by atoms with Crippen LogP contribution < -0.4 is 0 Å². The summed E-state index contributed by atoms with van der Waals surface area (Å²) in [5.74, 6) is -0.702. The summed E-state index contributed by atoms with van der Waals surface area (Å²) in [6.45, 7) is 6.99. The molecule has 3 fully saturated rings. The van der Waals surface area contributed by atoms with Crippen LogP contribution in [-0.2, 0) is 19.6 Å². The maximum atomic E-state index is 12.9. The number of hydrogen-bond acceptors (Lipinski definition) is 5. The number of hydrogen-bond donors (Lipinski definition) is 0. The van der Waals surface area contributed by atoms with Gasteiger partial charge < -0.3 is 9.80 Å². The smallest absolute Gasteiger partial charge is 0.241 e. The molecule has 0 saturated carbocycles. The molecule has 3 heterocycles. The quantitative estimate of drug-likeness (QED) is 0.647. The van der Waals surface area contributed by atoms with Crippen LogP contribution in [0.15, 0.2) is 0 Å². The molecule has 0 aliphatic carbocycles. The predicted octanol–water partition coefficient (Wildman–Crippen LogP) is 1.44. The van der Waals surface area contributed by atoms with Gasteiger partial charge in [-0.25, -0.2) is 12.7 Å². The third kappa shape index (κ3) is 4.01. The second-order valence-electron chi connectivity index (χ2n) is 8.02. The van der Waals surface area contributed by atoms with E-state index in [-0.39, 0.29) is 35.6 Å². The molecule has 3 aliphatic rings. The number of nitrogens with zero attached hydrogens (tertiary/aromatic N) is 3. The van der Waals surface area contributed by atoms with Crippen molar-refractivity contribution in [3.8, 4) is 0 Å². The Bertz CT molecular complexity index is 660. The van der Waals surface area contributed by atoms with Gasteiger partial charge in [0.25, 0.3) is 0 Å². The molecule has 0 spiro atoms. The van der Waals surface area contributed by atoms with E-state index in [2.05, 4.69) is 4.90 Å². The van der Waals surface area contributed by atoms with Gasteiger partial charge in [-0.15, -0.1) is 0 Å². The first-order valence-electron chi connectivity index (χ1n) is 10.5. The fourth-order valence-corrected chi connectivity index (χ4v) is 6.30. The Morgan fingerprint density at radius 3 is 2.44 bits per heavy atom. The molecular formula is C19H33N3O4S. The van der Waals surface area contributed by atoms with Crippen molar-refractivity contribution >= 4 is 21.8 Å². The molecule has 3 saturated heterocycles. The number of sulfonamides is 1. The third-order valence-electron chi connectivity index (χ3n) is 6.34. The molecule has 2 amide bonds. The third-order valence-corrected chi connectivity index (χ3v) is 8.12. The molecule has 0 aromatic rings. The number of carbonyl (C=O) groups is 2. The standard InChI is InChI=1S/C19H33N3O4S/c1-3-8-15-18-16(22(19(15)24)27(25,26)4-2)9-14-21(18)17(23)10-13-20-11-6-5-7-12-20/h15-16,18H,3-14H2,1-2H3/t15-,16+,18-/m1/s1. The fraction of sp³-hybridized carbons (Fsp3) is 0.895. The van der Waals surface area contributed by atoms with Crippen molar-refractivity contribution < 1.29 is 18.0 Å². The molecule has 0 unspecified atom stereocenters. The Kier molecular flexibility index (Phi) is 6.46. The minimum absolute atomic E-state index is 0.0673. The zero-order valence-electron chi connectivity index (χ0n) is 16.6. The van der Waals surface area contributed by atoms with Gasteiger partial charge in [-0.2, -0.15) is 0 Å². The molecular weight excluding hydrogens is 366 g/mol. The number of likely N-dealkylation sites (tertiary alicyclic amines) is 2. The van der Waals surface area contributed by atoms with E-state index in [4.69, 9.17) is 0 Å². The van der Waals surface area contributed by atoms with Crippen molar-refractivity contribution in [3.63, 3.8) is 0 Å². The van der Waals surface area contributed by atoms with E-state index in [0.29, 0.717) is 25.8 Å².